The third-order valence-corrected chi connectivity index (χ3v) is 5.92. The molecular formula is C15H24N2O3S. The van der Waals surface area contributed by atoms with E-state index in [-0.39, 0.29) is 11.7 Å². The first-order chi connectivity index (χ1) is 10.0. The molecule has 6 heteroatoms. The van der Waals surface area contributed by atoms with Gasteiger partial charge in [-0.1, -0.05) is 12.1 Å². The molecule has 1 fully saturated rings. The van der Waals surface area contributed by atoms with Crippen LogP contribution < -0.4 is 10.1 Å². The molecule has 0 spiro atoms. The van der Waals surface area contributed by atoms with Crippen molar-refractivity contribution in [1.82, 2.24) is 9.62 Å². The Morgan fingerprint density at radius 3 is 2.43 bits per heavy atom. The summed E-state index contributed by atoms with van der Waals surface area (Å²) >= 11 is 0. The summed E-state index contributed by atoms with van der Waals surface area (Å²) in [6.45, 7) is 2.24. The van der Waals surface area contributed by atoms with Gasteiger partial charge in [-0.25, -0.2) is 12.7 Å². The number of methoxy groups -OCH3 is 1. The van der Waals surface area contributed by atoms with Gasteiger partial charge >= 0.3 is 0 Å². The molecular weight excluding hydrogens is 288 g/mol. The predicted molar refractivity (Wildman–Crippen MR) is 83.8 cm³/mol. The van der Waals surface area contributed by atoms with Crippen LogP contribution in [0.25, 0.3) is 0 Å². The number of rotatable bonds is 6. The standard InChI is InChI=1S/C15H24N2O3S/c1-17(11-13-3-5-15(20-2)6-4-13)21(18,19)12-14-7-9-16-10-8-14/h3-6,14,16H,7-12H2,1-2H3. The molecule has 0 atom stereocenters. The number of hydrogen-bond donors (Lipinski definition) is 1. The van der Waals surface area contributed by atoms with Crippen LogP contribution in [0.3, 0.4) is 0 Å². The first-order valence-electron chi connectivity index (χ1n) is 7.29. The molecule has 1 aromatic rings. The van der Waals surface area contributed by atoms with E-state index < -0.39 is 10.0 Å². The summed E-state index contributed by atoms with van der Waals surface area (Å²) in [7, 11) is 0.0696. The third-order valence-electron chi connectivity index (χ3n) is 3.94. The van der Waals surface area contributed by atoms with Gasteiger partial charge in [-0.15, -0.1) is 0 Å². The lowest BCUT2D eigenvalue weighted by molar-refractivity contribution is 0.388. The Hall–Kier alpha value is -1.11. The van der Waals surface area contributed by atoms with E-state index in [0.717, 1.165) is 37.2 Å². The second-order valence-corrected chi connectivity index (χ2v) is 7.70. The van der Waals surface area contributed by atoms with Crippen LogP contribution in [0.4, 0.5) is 0 Å². The Kier molecular flexibility index (Phi) is 5.61. The molecule has 1 saturated heterocycles. The molecule has 1 aliphatic rings. The van der Waals surface area contributed by atoms with Crippen molar-refractivity contribution in [2.24, 2.45) is 5.92 Å². The molecule has 0 aromatic heterocycles. The van der Waals surface area contributed by atoms with E-state index in [1.807, 2.05) is 24.3 Å². The monoisotopic (exact) mass is 312 g/mol. The van der Waals surface area contributed by atoms with Crippen LogP contribution in [0.1, 0.15) is 18.4 Å². The summed E-state index contributed by atoms with van der Waals surface area (Å²) in [5, 5.41) is 3.26. The van der Waals surface area contributed by atoms with Crippen LogP contribution in [0.15, 0.2) is 24.3 Å². The maximum Gasteiger partial charge on any atom is 0.214 e. The van der Waals surface area contributed by atoms with Gasteiger partial charge in [-0.3, -0.25) is 0 Å². The number of piperidine rings is 1. The Morgan fingerprint density at radius 1 is 1.24 bits per heavy atom. The molecule has 0 amide bonds. The fourth-order valence-corrected chi connectivity index (χ4v) is 4.09. The highest BCUT2D eigenvalue weighted by Gasteiger charge is 2.24. The zero-order chi connectivity index (χ0) is 15.3. The summed E-state index contributed by atoms with van der Waals surface area (Å²) in [6.07, 6.45) is 1.88. The van der Waals surface area contributed by atoms with Gasteiger partial charge in [0.15, 0.2) is 0 Å². The molecule has 0 aliphatic carbocycles. The van der Waals surface area contributed by atoms with Crippen molar-refractivity contribution in [1.29, 1.82) is 0 Å². The predicted octanol–water partition coefficient (Wildman–Crippen LogP) is 1.46. The van der Waals surface area contributed by atoms with E-state index in [1.165, 1.54) is 4.31 Å². The summed E-state index contributed by atoms with van der Waals surface area (Å²) < 4.78 is 31.4. The summed E-state index contributed by atoms with van der Waals surface area (Å²) in [5.41, 5.74) is 0.965. The smallest absolute Gasteiger partial charge is 0.214 e. The van der Waals surface area contributed by atoms with Crippen LogP contribution in [-0.2, 0) is 16.6 Å². The van der Waals surface area contributed by atoms with Crippen molar-refractivity contribution < 1.29 is 13.2 Å². The number of hydrogen-bond acceptors (Lipinski definition) is 4. The maximum absolute atomic E-state index is 12.4. The summed E-state index contributed by atoms with van der Waals surface area (Å²) in [6, 6.07) is 7.50. The van der Waals surface area contributed by atoms with E-state index in [1.54, 1.807) is 14.2 Å². The summed E-state index contributed by atoms with van der Waals surface area (Å²) in [4.78, 5) is 0. The fraction of sp³-hybridized carbons (Fsp3) is 0.600. The average Bonchev–Trinajstić information content (AvgIpc) is 2.48. The Morgan fingerprint density at radius 2 is 1.86 bits per heavy atom. The van der Waals surface area contributed by atoms with Gasteiger partial charge in [0.1, 0.15) is 5.75 Å². The van der Waals surface area contributed by atoms with Gasteiger partial charge in [0.2, 0.25) is 10.0 Å². The van der Waals surface area contributed by atoms with E-state index >= 15 is 0 Å². The van der Waals surface area contributed by atoms with Crippen molar-refractivity contribution in [2.45, 2.75) is 19.4 Å². The number of benzene rings is 1. The van der Waals surface area contributed by atoms with E-state index in [4.69, 9.17) is 4.74 Å². The number of nitrogens with zero attached hydrogens (tertiary/aromatic N) is 1. The second-order valence-electron chi connectivity index (χ2n) is 5.58. The van der Waals surface area contributed by atoms with Crippen LogP contribution in [0.5, 0.6) is 5.75 Å². The third kappa shape index (κ3) is 4.69. The van der Waals surface area contributed by atoms with E-state index in [0.29, 0.717) is 6.54 Å². The first-order valence-corrected chi connectivity index (χ1v) is 8.90. The lowest BCUT2D eigenvalue weighted by atomic mass is 10.0. The average molecular weight is 312 g/mol. The highest BCUT2D eigenvalue weighted by molar-refractivity contribution is 7.89. The summed E-state index contributed by atoms with van der Waals surface area (Å²) in [5.74, 6) is 1.30. The molecule has 1 heterocycles. The minimum absolute atomic E-state index is 0.251. The van der Waals surface area contributed by atoms with Gasteiger partial charge in [0.05, 0.1) is 12.9 Å². The number of sulfonamides is 1. The molecule has 1 aromatic carbocycles. The van der Waals surface area contributed by atoms with Gasteiger partial charge in [-0.05, 0) is 49.5 Å². The number of nitrogens with one attached hydrogen (secondary N) is 1. The van der Waals surface area contributed by atoms with Gasteiger partial charge in [0.25, 0.3) is 0 Å². The van der Waals surface area contributed by atoms with Gasteiger partial charge in [-0.2, -0.15) is 0 Å². The minimum atomic E-state index is -3.20. The van der Waals surface area contributed by atoms with Crippen molar-refractivity contribution in [2.75, 3.05) is 33.0 Å². The SMILES string of the molecule is COc1ccc(CN(C)S(=O)(=O)CC2CCNCC2)cc1. The molecule has 0 saturated carbocycles. The first kappa shape index (κ1) is 16.3. The second kappa shape index (κ2) is 7.24. The molecule has 5 nitrogen and oxygen atoms in total. The quantitative estimate of drug-likeness (QED) is 0.864. The normalized spacial score (nSPS) is 17.1. The molecule has 0 bridgehead atoms. The molecule has 0 radical (unpaired) electrons. The van der Waals surface area contributed by atoms with E-state index in [2.05, 4.69) is 5.32 Å². The Labute approximate surface area is 127 Å². The molecule has 1 aliphatic heterocycles. The highest BCUT2D eigenvalue weighted by atomic mass is 32.2. The Bertz CT molecular complexity index is 537. The van der Waals surface area contributed by atoms with Crippen LogP contribution in [-0.4, -0.2) is 45.7 Å². The topological polar surface area (TPSA) is 58.6 Å². The molecule has 2 rings (SSSR count). The molecule has 1 N–H and O–H groups in total. The number of ether oxygens (including phenoxy) is 1. The Balaban J connectivity index is 1.94. The minimum Gasteiger partial charge on any atom is -0.497 e. The molecule has 0 unspecified atom stereocenters. The fourth-order valence-electron chi connectivity index (χ4n) is 2.56. The van der Waals surface area contributed by atoms with Crippen LogP contribution >= 0.6 is 0 Å². The maximum atomic E-state index is 12.4. The molecule has 118 valence electrons. The van der Waals surface area contributed by atoms with Crippen molar-refractivity contribution in [3.8, 4) is 5.75 Å². The van der Waals surface area contributed by atoms with Crippen LogP contribution in [0.2, 0.25) is 0 Å². The molecule has 21 heavy (non-hydrogen) atoms. The largest absolute Gasteiger partial charge is 0.497 e. The van der Waals surface area contributed by atoms with Crippen LogP contribution in [0, 0.1) is 5.92 Å². The van der Waals surface area contributed by atoms with E-state index in [9.17, 15) is 8.42 Å². The highest BCUT2D eigenvalue weighted by Crippen LogP contribution is 2.18. The van der Waals surface area contributed by atoms with Crippen molar-refractivity contribution in [3.63, 3.8) is 0 Å². The van der Waals surface area contributed by atoms with Gasteiger partial charge < -0.3 is 10.1 Å². The zero-order valence-electron chi connectivity index (χ0n) is 12.7. The lowest BCUT2D eigenvalue weighted by Crippen LogP contribution is -2.36. The van der Waals surface area contributed by atoms with Gasteiger partial charge in [0, 0.05) is 13.6 Å². The lowest BCUT2D eigenvalue weighted by Gasteiger charge is -2.25. The van der Waals surface area contributed by atoms with Crippen molar-refractivity contribution >= 4 is 10.0 Å². The van der Waals surface area contributed by atoms with Crippen molar-refractivity contribution in [3.05, 3.63) is 29.8 Å². The zero-order valence-corrected chi connectivity index (χ0v) is 13.5.